The number of aryl methyl sites for hydroxylation is 1. The van der Waals surface area contributed by atoms with E-state index in [1.165, 1.54) is 0 Å². The van der Waals surface area contributed by atoms with Gasteiger partial charge in [0.2, 0.25) is 0 Å². The van der Waals surface area contributed by atoms with E-state index in [2.05, 4.69) is 33.8 Å². The number of oxime groups is 1. The minimum atomic E-state index is 0.336. The maximum absolute atomic E-state index is 5.31. The van der Waals surface area contributed by atoms with Crippen LogP contribution in [0.2, 0.25) is 0 Å². The molecular weight excluding hydrogens is 316 g/mol. The van der Waals surface area contributed by atoms with Crippen LogP contribution in [0.25, 0.3) is 17.0 Å². The van der Waals surface area contributed by atoms with E-state index in [0.29, 0.717) is 23.8 Å². The number of unbranched alkanes of at least 4 members (excludes halogenated alkanes) is 1. The van der Waals surface area contributed by atoms with Crippen molar-refractivity contribution in [2.24, 2.45) is 5.16 Å². The third-order valence-electron chi connectivity index (χ3n) is 4.09. The summed E-state index contributed by atoms with van der Waals surface area (Å²) in [7, 11) is 0. The highest BCUT2D eigenvalue weighted by atomic mass is 16.6. The summed E-state index contributed by atoms with van der Waals surface area (Å²) >= 11 is 0. The van der Waals surface area contributed by atoms with Gasteiger partial charge in [0.25, 0.3) is 5.78 Å². The minimum Gasteiger partial charge on any atom is -0.391 e. The van der Waals surface area contributed by atoms with Gasteiger partial charge in [-0.15, -0.1) is 10.2 Å². The topological polar surface area (TPSA) is 77.6 Å². The summed E-state index contributed by atoms with van der Waals surface area (Å²) in [5.41, 5.74) is 4.07. The number of benzene rings is 1. The fourth-order valence-corrected chi connectivity index (χ4v) is 2.88. The Bertz CT molecular complexity index is 975. The van der Waals surface area contributed by atoms with Crippen LogP contribution in [0.5, 0.6) is 0 Å². The molecule has 7 nitrogen and oxygen atoms in total. The Morgan fingerprint density at radius 2 is 2.04 bits per heavy atom. The summed E-state index contributed by atoms with van der Waals surface area (Å²) in [6.45, 7) is 6.12. The summed E-state index contributed by atoms with van der Waals surface area (Å²) in [5, 5.41) is 17.4. The minimum absolute atomic E-state index is 0.336. The molecule has 1 aliphatic carbocycles. The summed E-state index contributed by atoms with van der Waals surface area (Å²) in [6, 6.07) is 7.95. The second-order valence-corrected chi connectivity index (χ2v) is 5.81. The Morgan fingerprint density at radius 3 is 2.84 bits per heavy atom. The van der Waals surface area contributed by atoms with Crippen molar-refractivity contribution >= 4 is 11.5 Å². The van der Waals surface area contributed by atoms with E-state index in [1.54, 1.807) is 10.6 Å². The molecule has 0 N–H and O–H groups in total. The van der Waals surface area contributed by atoms with Crippen LogP contribution < -0.4 is 0 Å². The van der Waals surface area contributed by atoms with Crippen molar-refractivity contribution in [2.75, 3.05) is 6.61 Å². The highest BCUT2D eigenvalue weighted by Crippen LogP contribution is 2.34. The second kappa shape index (κ2) is 6.43. The molecule has 0 saturated carbocycles. The molecule has 0 saturated heterocycles. The zero-order valence-corrected chi connectivity index (χ0v) is 14.0. The van der Waals surface area contributed by atoms with Crippen molar-refractivity contribution in [1.82, 2.24) is 24.8 Å². The molecule has 1 aliphatic rings. The quantitative estimate of drug-likeness (QED) is 0.308. The van der Waals surface area contributed by atoms with Gasteiger partial charge in [-0.2, -0.15) is 9.61 Å². The average Bonchev–Trinajstić information content (AvgIpc) is 3.18. The van der Waals surface area contributed by atoms with E-state index in [4.69, 9.17) is 9.94 Å². The standard InChI is InChI=1S/C18H18N6O/c1-3-5-10-14-20-21-18-19-17-15(22-24(14)18)12-8-6-7-9-13(12)16(17)23-25-11-4-2/h4,6-9H,2-3,5,10-11H2,1H3. The van der Waals surface area contributed by atoms with Crippen LogP contribution in [0, 0.1) is 0 Å². The summed E-state index contributed by atoms with van der Waals surface area (Å²) in [5.74, 6) is 1.31. The molecule has 0 bridgehead atoms. The Morgan fingerprint density at radius 1 is 1.20 bits per heavy atom. The van der Waals surface area contributed by atoms with Crippen molar-refractivity contribution in [3.05, 3.63) is 54.0 Å². The highest BCUT2D eigenvalue weighted by Gasteiger charge is 2.30. The van der Waals surface area contributed by atoms with Crippen LogP contribution in [0.15, 0.2) is 42.1 Å². The van der Waals surface area contributed by atoms with Gasteiger partial charge in [-0.3, -0.25) is 0 Å². The van der Waals surface area contributed by atoms with Crippen molar-refractivity contribution < 1.29 is 4.84 Å². The Kier molecular flexibility index (Phi) is 3.97. The number of hydrogen-bond donors (Lipinski definition) is 0. The molecule has 2 aromatic heterocycles. The molecular formula is C18H18N6O. The van der Waals surface area contributed by atoms with Crippen LogP contribution >= 0.6 is 0 Å². The zero-order valence-electron chi connectivity index (χ0n) is 14.0. The number of rotatable bonds is 6. The summed E-state index contributed by atoms with van der Waals surface area (Å²) in [6.07, 6.45) is 4.61. The molecule has 0 atom stereocenters. The van der Waals surface area contributed by atoms with Crippen molar-refractivity contribution in [1.29, 1.82) is 0 Å². The van der Waals surface area contributed by atoms with Gasteiger partial charge in [0.05, 0.1) is 0 Å². The van der Waals surface area contributed by atoms with Crippen LogP contribution in [-0.4, -0.2) is 37.1 Å². The predicted molar refractivity (Wildman–Crippen MR) is 94.4 cm³/mol. The molecule has 3 aromatic rings. The molecule has 2 heterocycles. The van der Waals surface area contributed by atoms with Gasteiger partial charge in [-0.25, -0.2) is 4.98 Å². The smallest absolute Gasteiger partial charge is 0.272 e. The monoisotopic (exact) mass is 334 g/mol. The summed E-state index contributed by atoms with van der Waals surface area (Å²) in [4.78, 5) is 9.96. The lowest BCUT2D eigenvalue weighted by atomic mass is 10.1. The molecule has 7 heteroatoms. The van der Waals surface area contributed by atoms with Crippen molar-refractivity contribution in [3.63, 3.8) is 0 Å². The SMILES string of the molecule is C=CCON=C1c2ccccc2-c2nn3c(CCCC)nnc3nc21. The third-order valence-corrected chi connectivity index (χ3v) is 4.09. The molecule has 0 amide bonds. The van der Waals surface area contributed by atoms with E-state index in [9.17, 15) is 0 Å². The Labute approximate surface area is 145 Å². The van der Waals surface area contributed by atoms with E-state index < -0.39 is 0 Å². The Balaban J connectivity index is 1.87. The number of nitrogens with zero attached hydrogens (tertiary/aromatic N) is 6. The molecule has 126 valence electrons. The lowest BCUT2D eigenvalue weighted by Gasteiger charge is -2.02. The van der Waals surface area contributed by atoms with E-state index in [0.717, 1.165) is 41.9 Å². The average molecular weight is 334 g/mol. The first kappa shape index (κ1) is 15.4. The first-order valence-electron chi connectivity index (χ1n) is 8.36. The normalized spacial score (nSPS) is 13.9. The van der Waals surface area contributed by atoms with Gasteiger partial charge in [0.1, 0.15) is 23.7 Å². The van der Waals surface area contributed by atoms with Gasteiger partial charge in [-0.1, -0.05) is 55.4 Å². The van der Waals surface area contributed by atoms with Gasteiger partial charge >= 0.3 is 0 Å². The largest absolute Gasteiger partial charge is 0.391 e. The fourth-order valence-electron chi connectivity index (χ4n) is 2.88. The zero-order chi connectivity index (χ0) is 17.2. The van der Waals surface area contributed by atoms with Crippen LogP contribution in [0.4, 0.5) is 0 Å². The molecule has 1 aromatic carbocycles. The molecule has 0 aliphatic heterocycles. The summed E-state index contributed by atoms with van der Waals surface area (Å²) < 4.78 is 1.73. The number of hydrogen-bond acceptors (Lipinski definition) is 6. The number of fused-ring (bicyclic) bond motifs is 4. The predicted octanol–water partition coefficient (Wildman–Crippen LogP) is 2.80. The first-order valence-corrected chi connectivity index (χ1v) is 8.36. The van der Waals surface area contributed by atoms with Crippen LogP contribution in [-0.2, 0) is 11.3 Å². The lowest BCUT2D eigenvalue weighted by molar-refractivity contribution is 0.175. The van der Waals surface area contributed by atoms with Gasteiger partial charge in [-0.05, 0) is 6.42 Å². The maximum Gasteiger partial charge on any atom is 0.272 e. The fraction of sp³-hybridized carbons (Fsp3) is 0.278. The molecule has 0 radical (unpaired) electrons. The molecule has 0 unspecified atom stereocenters. The maximum atomic E-state index is 5.31. The number of aromatic nitrogens is 5. The van der Waals surface area contributed by atoms with E-state index in [-0.39, 0.29) is 0 Å². The highest BCUT2D eigenvalue weighted by molar-refractivity contribution is 6.22. The molecule has 0 fully saturated rings. The van der Waals surface area contributed by atoms with E-state index >= 15 is 0 Å². The molecule has 0 spiro atoms. The first-order chi connectivity index (χ1) is 12.3. The van der Waals surface area contributed by atoms with Crippen LogP contribution in [0.3, 0.4) is 0 Å². The molecule has 25 heavy (non-hydrogen) atoms. The van der Waals surface area contributed by atoms with E-state index in [1.807, 2.05) is 24.3 Å². The van der Waals surface area contributed by atoms with Crippen molar-refractivity contribution in [3.8, 4) is 11.3 Å². The third kappa shape index (κ3) is 2.57. The van der Waals surface area contributed by atoms with Gasteiger partial charge < -0.3 is 4.84 Å². The van der Waals surface area contributed by atoms with Gasteiger partial charge in [0.15, 0.2) is 5.82 Å². The lowest BCUT2D eigenvalue weighted by Crippen LogP contribution is -2.07. The van der Waals surface area contributed by atoms with Crippen molar-refractivity contribution in [2.45, 2.75) is 26.2 Å². The Hall–Kier alpha value is -3.09. The van der Waals surface area contributed by atoms with Gasteiger partial charge in [0, 0.05) is 17.5 Å². The second-order valence-electron chi connectivity index (χ2n) is 5.81. The molecule has 4 rings (SSSR count). The van der Waals surface area contributed by atoms with Crippen LogP contribution in [0.1, 0.15) is 36.8 Å².